The van der Waals surface area contributed by atoms with Crippen molar-refractivity contribution in [2.75, 3.05) is 51.4 Å². The summed E-state index contributed by atoms with van der Waals surface area (Å²) in [5, 5.41) is 2.88. The van der Waals surface area contributed by atoms with Crippen LogP contribution in [0.1, 0.15) is 12.1 Å². The van der Waals surface area contributed by atoms with E-state index in [1.807, 2.05) is 31.1 Å². The molecule has 134 valence electrons. The normalized spacial score (nSPS) is 16.5. The fraction of sp³-hybridized carbons (Fsp3) is 0.600. The molecule has 2 amide bonds. The molecule has 1 fully saturated rings. The number of hydrogen-bond acceptors (Lipinski definition) is 5. The molecule has 8 nitrogen and oxygen atoms in total. The van der Waals surface area contributed by atoms with Gasteiger partial charge in [0.1, 0.15) is 0 Å². The van der Waals surface area contributed by atoms with Crippen LogP contribution in [0, 0.1) is 0 Å². The number of carbonyl (C=O) groups excluding carboxylic acids is 1. The van der Waals surface area contributed by atoms with Crippen molar-refractivity contribution in [2.24, 2.45) is 0 Å². The van der Waals surface area contributed by atoms with E-state index < -0.39 is 10.0 Å². The highest BCUT2D eigenvalue weighted by Crippen LogP contribution is 2.15. The quantitative estimate of drug-likeness (QED) is 0.841. The molecule has 0 spiro atoms. The van der Waals surface area contributed by atoms with Crippen molar-refractivity contribution in [3.8, 4) is 0 Å². The number of carbonyl (C=O) groups is 1. The van der Waals surface area contributed by atoms with E-state index >= 15 is 0 Å². The van der Waals surface area contributed by atoms with Gasteiger partial charge in [0.05, 0.1) is 24.2 Å². The largest absolute Gasteiger partial charge is 0.376 e. The number of urea groups is 1. The number of anilines is 1. The zero-order valence-electron chi connectivity index (χ0n) is 14.4. The van der Waals surface area contributed by atoms with Crippen LogP contribution in [-0.2, 0) is 16.6 Å². The van der Waals surface area contributed by atoms with Crippen molar-refractivity contribution in [1.29, 1.82) is 0 Å². The lowest BCUT2D eigenvalue weighted by molar-refractivity contribution is 0.200. The van der Waals surface area contributed by atoms with Crippen molar-refractivity contribution in [2.45, 2.75) is 13.0 Å². The summed E-state index contributed by atoms with van der Waals surface area (Å²) in [5.74, 6) is 0. The van der Waals surface area contributed by atoms with Crippen LogP contribution in [0.5, 0.6) is 0 Å². The van der Waals surface area contributed by atoms with Gasteiger partial charge in [-0.1, -0.05) is 0 Å². The number of nitrogens with zero attached hydrogens (tertiary/aromatic N) is 4. The number of aromatic nitrogens is 1. The number of hydrogen-bond donors (Lipinski definition) is 1. The summed E-state index contributed by atoms with van der Waals surface area (Å²) in [6.07, 6.45) is 3.53. The van der Waals surface area contributed by atoms with Gasteiger partial charge < -0.3 is 15.1 Å². The highest BCUT2D eigenvalue weighted by molar-refractivity contribution is 7.88. The minimum atomic E-state index is -3.21. The summed E-state index contributed by atoms with van der Waals surface area (Å²) in [6.45, 7) is 2.05. The Kier molecular flexibility index (Phi) is 6.00. The second-order valence-electron chi connectivity index (χ2n) is 6.02. The van der Waals surface area contributed by atoms with Gasteiger partial charge in [-0.3, -0.25) is 4.98 Å². The molecule has 1 aromatic rings. The highest BCUT2D eigenvalue weighted by Gasteiger charge is 2.23. The van der Waals surface area contributed by atoms with E-state index in [9.17, 15) is 13.2 Å². The zero-order valence-corrected chi connectivity index (χ0v) is 15.2. The van der Waals surface area contributed by atoms with Crippen molar-refractivity contribution in [3.05, 3.63) is 24.0 Å². The summed E-state index contributed by atoms with van der Waals surface area (Å²) < 4.78 is 24.7. The smallest absolute Gasteiger partial charge is 0.317 e. The lowest BCUT2D eigenvalue weighted by atomic mass is 10.2. The molecule has 0 aromatic carbocycles. The first-order valence-corrected chi connectivity index (χ1v) is 9.73. The van der Waals surface area contributed by atoms with Gasteiger partial charge in [0.2, 0.25) is 10.0 Å². The van der Waals surface area contributed by atoms with Crippen LogP contribution in [0.15, 0.2) is 18.3 Å². The number of nitrogens with one attached hydrogen (secondary N) is 1. The molecule has 1 aliphatic rings. The Morgan fingerprint density at radius 1 is 1.29 bits per heavy atom. The van der Waals surface area contributed by atoms with Crippen LogP contribution in [-0.4, -0.2) is 75.2 Å². The number of amides is 2. The van der Waals surface area contributed by atoms with Crippen LogP contribution < -0.4 is 10.2 Å². The molecule has 1 aliphatic heterocycles. The average Bonchev–Trinajstić information content (AvgIpc) is 2.78. The number of pyridine rings is 1. The Morgan fingerprint density at radius 3 is 2.71 bits per heavy atom. The molecule has 0 unspecified atom stereocenters. The van der Waals surface area contributed by atoms with Gasteiger partial charge >= 0.3 is 6.03 Å². The van der Waals surface area contributed by atoms with Crippen LogP contribution in [0.3, 0.4) is 0 Å². The van der Waals surface area contributed by atoms with Crippen molar-refractivity contribution < 1.29 is 13.2 Å². The molecule has 2 heterocycles. The predicted molar refractivity (Wildman–Crippen MR) is 93.4 cm³/mol. The molecule has 24 heavy (non-hydrogen) atoms. The zero-order chi connectivity index (χ0) is 17.7. The molecule has 2 rings (SSSR count). The first-order valence-electron chi connectivity index (χ1n) is 7.88. The van der Waals surface area contributed by atoms with E-state index in [-0.39, 0.29) is 6.03 Å². The second kappa shape index (κ2) is 7.80. The second-order valence-corrected chi connectivity index (χ2v) is 8.01. The van der Waals surface area contributed by atoms with Gasteiger partial charge in [-0.25, -0.2) is 17.5 Å². The predicted octanol–water partition coefficient (Wildman–Crippen LogP) is 0.325. The fourth-order valence-corrected chi connectivity index (χ4v) is 3.55. The van der Waals surface area contributed by atoms with Gasteiger partial charge in [0, 0.05) is 46.5 Å². The molecule has 0 atom stereocenters. The van der Waals surface area contributed by atoms with E-state index in [2.05, 4.69) is 10.3 Å². The maximum absolute atomic E-state index is 12.4. The molecule has 1 N–H and O–H groups in total. The third-order valence-corrected chi connectivity index (χ3v) is 5.27. The Hall–Kier alpha value is -1.87. The monoisotopic (exact) mass is 355 g/mol. The molecule has 0 aliphatic carbocycles. The molecule has 0 bridgehead atoms. The van der Waals surface area contributed by atoms with Gasteiger partial charge in [-0.05, 0) is 18.6 Å². The maximum atomic E-state index is 12.4. The highest BCUT2D eigenvalue weighted by atomic mass is 32.2. The van der Waals surface area contributed by atoms with E-state index in [0.29, 0.717) is 39.1 Å². The summed E-state index contributed by atoms with van der Waals surface area (Å²) in [7, 11) is 0.646. The summed E-state index contributed by atoms with van der Waals surface area (Å²) in [6, 6.07) is 3.61. The van der Waals surface area contributed by atoms with E-state index in [1.54, 1.807) is 11.1 Å². The van der Waals surface area contributed by atoms with Crippen LogP contribution in [0.4, 0.5) is 10.5 Å². The molecule has 9 heteroatoms. The molecule has 0 saturated carbocycles. The first kappa shape index (κ1) is 18.5. The third kappa shape index (κ3) is 4.81. The number of rotatable bonds is 4. The molecular formula is C15H25N5O3S. The van der Waals surface area contributed by atoms with E-state index in [4.69, 9.17) is 0 Å². The lowest BCUT2D eigenvalue weighted by Gasteiger charge is -2.22. The van der Waals surface area contributed by atoms with Gasteiger partial charge in [0.15, 0.2) is 0 Å². The lowest BCUT2D eigenvalue weighted by Crippen LogP contribution is -2.42. The summed E-state index contributed by atoms with van der Waals surface area (Å²) in [4.78, 5) is 20.3. The van der Waals surface area contributed by atoms with Crippen molar-refractivity contribution in [3.63, 3.8) is 0 Å². The number of sulfonamides is 1. The molecule has 1 aromatic heterocycles. The first-order chi connectivity index (χ1) is 11.3. The third-order valence-electron chi connectivity index (χ3n) is 3.97. The molecule has 0 radical (unpaired) electrons. The standard InChI is InChI=1S/C15H25N5O3S/c1-18(2)14-6-4-7-16-13(14)12-17-15(21)19-8-5-9-20(11-10-19)24(3,22)23/h4,6-7H,5,8-12H2,1-3H3,(H,17,21). The molecular weight excluding hydrogens is 330 g/mol. The average molecular weight is 355 g/mol. The van der Waals surface area contributed by atoms with Crippen LogP contribution >= 0.6 is 0 Å². The topological polar surface area (TPSA) is 85.8 Å². The van der Waals surface area contributed by atoms with E-state index in [1.165, 1.54) is 10.6 Å². The van der Waals surface area contributed by atoms with Crippen LogP contribution in [0.2, 0.25) is 0 Å². The van der Waals surface area contributed by atoms with Crippen molar-refractivity contribution >= 4 is 21.7 Å². The van der Waals surface area contributed by atoms with Gasteiger partial charge in [-0.15, -0.1) is 0 Å². The Labute approximate surface area is 143 Å². The fourth-order valence-electron chi connectivity index (χ4n) is 2.67. The Morgan fingerprint density at radius 2 is 2.04 bits per heavy atom. The summed E-state index contributed by atoms with van der Waals surface area (Å²) in [5.41, 5.74) is 1.75. The minimum Gasteiger partial charge on any atom is -0.376 e. The van der Waals surface area contributed by atoms with Crippen LogP contribution in [0.25, 0.3) is 0 Å². The van der Waals surface area contributed by atoms with Gasteiger partial charge in [-0.2, -0.15) is 0 Å². The maximum Gasteiger partial charge on any atom is 0.317 e. The Balaban J connectivity index is 1.94. The van der Waals surface area contributed by atoms with E-state index in [0.717, 1.165) is 11.4 Å². The minimum absolute atomic E-state index is 0.194. The molecule has 1 saturated heterocycles. The van der Waals surface area contributed by atoms with Gasteiger partial charge in [0.25, 0.3) is 0 Å². The SMILES string of the molecule is CN(C)c1cccnc1CNC(=O)N1CCCN(S(C)(=O)=O)CC1. The Bertz CT molecular complexity index is 677. The van der Waals surface area contributed by atoms with Crippen molar-refractivity contribution in [1.82, 2.24) is 19.5 Å². The summed E-state index contributed by atoms with van der Waals surface area (Å²) >= 11 is 0.